The average Bonchev–Trinajstić information content (AvgIpc) is 2.77. The van der Waals surface area contributed by atoms with Crippen molar-refractivity contribution in [2.45, 2.75) is 33.4 Å². The minimum Gasteiger partial charge on any atom is -0.494 e. The van der Waals surface area contributed by atoms with E-state index in [9.17, 15) is 4.39 Å². The summed E-state index contributed by atoms with van der Waals surface area (Å²) < 4.78 is 24.1. The van der Waals surface area contributed by atoms with E-state index in [-0.39, 0.29) is 17.6 Å². The number of nitrogens with zero attached hydrogens (tertiary/aromatic N) is 1. The second kappa shape index (κ2) is 6.05. The molecule has 1 N–H and O–H groups in total. The Bertz CT molecular complexity index is 576. The quantitative estimate of drug-likeness (QED) is 0.911. The first-order valence-corrected chi connectivity index (χ1v) is 6.52. The van der Waals surface area contributed by atoms with Crippen molar-refractivity contribution in [3.8, 4) is 5.75 Å². The number of aromatic nitrogens is 1. The van der Waals surface area contributed by atoms with Gasteiger partial charge in [-0.15, -0.1) is 0 Å². The van der Waals surface area contributed by atoms with Crippen molar-refractivity contribution < 1.29 is 13.7 Å². The fourth-order valence-corrected chi connectivity index (χ4v) is 2.32. The van der Waals surface area contributed by atoms with Crippen molar-refractivity contribution in [3.05, 3.63) is 46.6 Å². The summed E-state index contributed by atoms with van der Waals surface area (Å²) in [6.45, 7) is 6.19. The van der Waals surface area contributed by atoms with Crippen LogP contribution >= 0.6 is 0 Å². The Balaban J connectivity index is 2.09. The fourth-order valence-electron chi connectivity index (χ4n) is 2.32. The van der Waals surface area contributed by atoms with E-state index in [1.165, 1.54) is 7.11 Å². The smallest absolute Gasteiger partial charge is 0.169 e. The van der Waals surface area contributed by atoms with Gasteiger partial charge in [-0.2, -0.15) is 0 Å². The monoisotopic (exact) mass is 278 g/mol. The van der Waals surface area contributed by atoms with Gasteiger partial charge in [0.25, 0.3) is 0 Å². The molecule has 0 saturated heterocycles. The molecular formula is C15H19FN2O2. The molecule has 0 bridgehead atoms. The number of hydrogen-bond acceptors (Lipinski definition) is 4. The van der Waals surface area contributed by atoms with Gasteiger partial charge >= 0.3 is 0 Å². The predicted octanol–water partition coefficient (Wildman–Crippen LogP) is 3.29. The molecule has 0 saturated carbocycles. The van der Waals surface area contributed by atoms with Gasteiger partial charge in [0.1, 0.15) is 5.76 Å². The van der Waals surface area contributed by atoms with Crippen LogP contribution in [0.4, 0.5) is 4.39 Å². The number of ether oxygens (including phenoxy) is 1. The second-order valence-electron chi connectivity index (χ2n) is 4.77. The maximum atomic E-state index is 14.0. The second-order valence-corrected chi connectivity index (χ2v) is 4.77. The molecule has 1 atom stereocenters. The van der Waals surface area contributed by atoms with Crippen LogP contribution in [0.25, 0.3) is 0 Å². The van der Waals surface area contributed by atoms with Crippen molar-refractivity contribution >= 4 is 0 Å². The van der Waals surface area contributed by atoms with Crippen LogP contribution in [0.5, 0.6) is 5.75 Å². The molecule has 0 spiro atoms. The van der Waals surface area contributed by atoms with E-state index in [1.54, 1.807) is 18.2 Å². The number of rotatable bonds is 5. The third-order valence-corrected chi connectivity index (χ3v) is 3.38. The molecular weight excluding hydrogens is 259 g/mol. The zero-order chi connectivity index (χ0) is 14.7. The fraction of sp³-hybridized carbons (Fsp3) is 0.400. The van der Waals surface area contributed by atoms with Gasteiger partial charge in [0.2, 0.25) is 0 Å². The molecule has 0 fully saturated rings. The number of aryl methyl sites for hydroxylation is 2. The summed E-state index contributed by atoms with van der Waals surface area (Å²) in [6.07, 6.45) is 0. The number of nitrogens with one attached hydrogen (secondary N) is 1. The molecule has 1 heterocycles. The molecule has 0 amide bonds. The topological polar surface area (TPSA) is 47.3 Å². The van der Waals surface area contributed by atoms with Crippen LogP contribution in [0.1, 0.15) is 35.5 Å². The predicted molar refractivity (Wildman–Crippen MR) is 74.2 cm³/mol. The van der Waals surface area contributed by atoms with Crippen LogP contribution in [0, 0.1) is 19.7 Å². The number of halogens is 1. The lowest BCUT2D eigenvalue weighted by Gasteiger charge is -2.14. The van der Waals surface area contributed by atoms with Crippen LogP contribution in [0.3, 0.4) is 0 Å². The standard InChI is InChI=1S/C15H19FN2O2/c1-9(14-10(2)18-20-11(14)3)17-8-12-6-5-7-13(19-4)15(12)16/h5-7,9,17H,8H2,1-4H3. The molecule has 0 aliphatic carbocycles. The summed E-state index contributed by atoms with van der Waals surface area (Å²) in [6, 6.07) is 5.16. The summed E-state index contributed by atoms with van der Waals surface area (Å²) >= 11 is 0. The minimum absolute atomic E-state index is 0.0341. The first kappa shape index (κ1) is 14.5. The highest BCUT2D eigenvalue weighted by atomic mass is 19.1. The van der Waals surface area contributed by atoms with Crippen molar-refractivity contribution in [1.29, 1.82) is 0 Å². The SMILES string of the molecule is COc1cccc(CNC(C)c2c(C)noc2C)c1F. The van der Waals surface area contributed by atoms with Gasteiger partial charge in [-0.25, -0.2) is 4.39 Å². The molecule has 2 rings (SSSR count). The van der Waals surface area contributed by atoms with Gasteiger partial charge in [-0.1, -0.05) is 17.3 Å². The Morgan fingerprint density at radius 2 is 2.15 bits per heavy atom. The van der Waals surface area contributed by atoms with Crippen molar-refractivity contribution in [2.24, 2.45) is 0 Å². The lowest BCUT2D eigenvalue weighted by atomic mass is 10.1. The Hall–Kier alpha value is -1.88. The number of hydrogen-bond donors (Lipinski definition) is 1. The summed E-state index contributed by atoms with van der Waals surface area (Å²) in [5.74, 6) is 0.719. The average molecular weight is 278 g/mol. The summed E-state index contributed by atoms with van der Waals surface area (Å²) in [4.78, 5) is 0. The zero-order valence-corrected chi connectivity index (χ0v) is 12.2. The maximum absolute atomic E-state index is 14.0. The van der Waals surface area contributed by atoms with E-state index in [0.29, 0.717) is 12.1 Å². The lowest BCUT2D eigenvalue weighted by Crippen LogP contribution is -2.19. The van der Waals surface area contributed by atoms with E-state index in [0.717, 1.165) is 17.0 Å². The highest BCUT2D eigenvalue weighted by Gasteiger charge is 2.17. The molecule has 20 heavy (non-hydrogen) atoms. The maximum Gasteiger partial charge on any atom is 0.169 e. The molecule has 1 unspecified atom stereocenters. The first-order valence-electron chi connectivity index (χ1n) is 6.52. The Morgan fingerprint density at radius 3 is 2.75 bits per heavy atom. The molecule has 0 radical (unpaired) electrons. The molecule has 0 aliphatic rings. The first-order chi connectivity index (χ1) is 9.54. The summed E-state index contributed by atoms with van der Waals surface area (Å²) in [5, 5.41) is 7.21. The largest absolute Gasteiger partial charge is 0.494 e. The number of benzene rings is 1. The Labute approximate surface area is 117 Å². The van der Waals surface area contributed by atoms with Gasteiger partial charge in [0, 0.05) is 23.7 Å². The van der Waals surface area contributed by atoms with E-state index < -0.39 is 0 Å². The molecule has 108 valence electrons. The van der Waals surface area contributed by atoms with E-state index in [4.69, 9.17) is 9.26 Å². The van der Waals surface area contributed by atoms with Crippen molar-refractivity contribution in [3.63, 3.8) is 0 Å². The summed E-state index contributed by atoms with van der Waals surface area (Å²) in [7, 11) is 1.46. The minimum atomic E-state index is -0.325. The summed E-state index contributed by atoms with van der Waals surface area (Å²) in [5.41, 5.74) is 2.45. The molecule has 4 nitrogen and oxygen atoms in total. The molecule has 1 aromatic carbocycles. The van der Waals surface area contributed by atoms with E-state index in [2.05, 4.69) is 10.5 Å². The molecule has 2 aromatic rings. The van der Waals surface area contributed by atoms with Crippen LogP contribution < -0.4 is 10.1 Å². The van der Waals surface area contributed by atoms with Crippen LogP contribution in [-0.4, -0.2) is 12.3 Å². The molecule has 1 aromatic heterocycles. The Kier molecular flexibility index (Phi) is 4.39. The Morgan fingerprint density at radius 1 is 1.40 bits per heavy atom. The van der Waals surface area contributed by atoms with E-state index in [1.807, 2.05) is 20.8 Å². The third kappa shape index (κ3) is 2.82. The van der Waals surface area contributed by atoms with Gasteiger partial charge in [0.15, 0.2) is 11.6 Å². The third-order valence-electron chi connectivity index (χ3n) is 3.38. The van der Waals surface area contributed by atoms with Crippen LogP contribution in [-0.2, 0) is 6.54 Å². The van der Waals surface area contributed by atoms with Crippen LogP contribution in [0.15, 0.2) is 22.7 Å². The van der Waals surface area contributed by atoms with Gasteiger partial charge in [-0.05, 0) is 26.8 Å². The van der Waals surface area contributed by atoms with Crippen molar-refractivity contribution in [1.82, 2.24) is 10.5 Å². The number of methoxy groups -OCH3 is 1. The van der Waals surface area contributed by atoms with E-state index >= 15 is 0 Å². The normalized spacial score (nSPS) is 12.4. The van der Waals surface area contributed by atoms with Crippen molar-refractivity contribution in [2.75, 3.05) is 7.11 Å². The van der Waals surface area contributed by atoms with Gasteiger partial charge < -0.3 is 14.6 Å². The molecule has 0 aliphatic heterocycles. The highest BCUT2D eigenvalue weighted by Crippen LogP contribution is 2.23. The van der Waals surface area contributed by atoms with Gasteiger partial charge in [-0.3, -0.25) is 0 Å². The lowest BCUT2D eigenvalue weighted by molar-refractivity contribution is 0.382. The molecule has 5 heteroatoms. The van der Waals surface area contributed by atoms with Crippen LogP contribution in [0.2, 0.25) is 0 Å². The van der Waals surface area contributed by atoms with Gasteiger partial charge in [0.05, 0.1) is 12.8 Å². The zero-order valence-electron chi connectivity index (χ0n) is 12.2. The highest BCUT2D eigenvalue weighted by molar-refractivity contribution is 5.31.